The second-order valence-electron chi connectivity index (χ2n) is 6.52. The minimum atomic E-state index is -1.95. The van der Waals surface area contributed by atoms with Crippen LogP contribution in [-0.4, -0.2) is 6.69 Å². The Labute approximate surface area is 141 Å². The van der Waals surface area contributed by atoms with Gasteiger partial charge >= 0.3 is 0 Å². The number of unbranched alkanes of at least 4 members (excludes halogenated alkanes) is 2. The first-order chi connectivity index (χ1) is 9.92. The smallest absolute Gasteiger partial charge is 0.146 e. The van der Waals surface area contributed by atoms with Gasteiger partial charge in [0.2, 0.25) is 6.69 Å². The fourth-order valence-electron chi connectivity index (χ4n) is 2.94. The Morgan fingerprint density at radius 2 is 1.71 bits per heavy atom. The number of hydrogen-bond donors (Lipinski definition) is 0. The summed E-state index contributed by atoms with van der Waals surface area (Å²) >= 11 is 12.6. The topological polar surface area (TPSA) is 0 Å². The Hall–Kier alpha value is 0.0169. The van der Waals surface area contributed by atoms with Crippen LogP contribution in [0.5, 0.6) is 0 Å². The normalized spacial score (nSPS) is 14.9. The van der Waals surface area contributed by atoms with Crippen LogP contribution >= 0.6 is 22.2 Å². The number of rotatable bonds is 10. The Bertz CT molecular complexity index is 373. The summed E-state index contributed by atoms with van der Waals surface area (Å²) in [4.78, 5) is 0. The summed E-state index contributed by atoms with van der Waals surface area (Å²) in [5.41, 5.74) is 1.45. The molecule has 1 aromatic carbocycles. The molecule has 1 aromatic rings. The van der Waals surface area contributed by atoms with Crippen LogP contribution in [0, 0.1) is 5.92 Å². The van der Waals surface area contributed by atoms with Crippen molar-refractivity contribution in [3.63, 3.8) is 0 Å². The highest BCUT2D eigenvalue weighted by atomic mass is 35.7. The first-order valence-electron chi connectivity index (χ1n) is 8.35. The van der Waals surface area contributed by atoms with Crippen molar-refractivity contribution in [1.82, 2.24) is 0 Å². The van der Waals surface area contributed by atoms with Gasteiger partial charge < -0.3 is 0 Å². The van der Waals surface area contributed by atoms with Gasteiger partial charge in [0.15, 0.2) is 0 Å². The molecule has 0 saturated carbocycles. The zero-order valence-corrected chi connectivity index (χ0v) is 16.3. The molecule has 0 fully saturated rings. The minimum absolute atomic E-state index is 0.622. The molecule has 0 aliphatic rings. The molecule has 2 unspecified atom stereocenters. The summed E-state index contributed by atoms with van der Waals surface area (Å²) in [7, 11) is 0. The molecule has 0 saturated heterocycles. The van der Waals surface area contributed by atoms with Gasteiger partial charge in [-0.2, -0.15) is 0 Å². The number of benzene rings is 1. The fraction of sp³-hybridized carbons (Fsp3) is 0.667. The van der Waals surface area contributed by atoms with Gasteiger partial charge in [0.1, 0.15) is 0 Å². The molecule has 2 atom stereocenters. The average molecular weight is 345 g/mol. The van der Waals surface area contributed by atoms with Gasteiger partial charge in [0, 0.05) is 0 Å². The standard InChI is InChI=1S/C18H30Cl2Si/c1-4-5-7-10-17(13-14-21(3,19)20)15-16(2)18-11-8-6-9-12-18/h6,8-9,11-12,16-17H,4-5,7,10,13-15H2,1-3H3. The highest BCUT2D eigenvalue weighted by molar-refractivity contribution is 7.44. The lowest BCUT2D eigenvalue weighted by Gasteiger charge is -2.23. The van der Waals surface area contributed by atoms with Gasteiger partial charge in [-0.1, -0.05) is 76.3 Å². The van der Waals surface area contributed by atoms with E-state index in [2.05, 4.69) is 44.2 Å². The lowest BCUT2D eigenvalue weighted by Crippen LogP contribution is -2.16. The number of hydrogen-bond acceptors (Lipinski definition) is 0. The SMILES string of the molecule is CCCCCC(CC[Si](C)(Cl)Cl)CC(C)c1ccccc1. The molecule has 0 N–H and O–H groups in total. The van der Waals surface area contributed by atoms with Crippen molar-refractivity contribution >= 4 is 28.9 Å². The monoisotopic (exact) mass is 344 g/mol. The molecule has 0 bridgehead atoms. The van der Waals surface area contributed by atoms with Crippen LogP contribution < -0.4 is 0 Å². The molecule has 0 aliphatic carbocycles. The van der Waals surface area contributed by atoms with Crippen LogP contribution in [0.2, 0.25) is 12.6 Å². The molecule has 0 spiro atoms. The van der Waals surface area contributed by atoms with Crippen molar-refractivity contribution in [1.29, 1.82) is 0 Å². The molecule has 120 valence electrons. The highest BCUT2D eigenvalue weighted by Gasteiger charge is 2.23. The molecule has 0 nitrogen and oxygen atoms in total. The van der Waals surface area contributed by atoms with E-state index in [1.165, 1.54) is 44.1 Å². The third-order valence-corrected chi connectivity index (χ3v) is 6.56. The van der Waals surface area contributed by atoms with E-state index in [-0.39, 0.29) is 0 Å². The first-order valence-corrected chi connectivity index (χ1v) is 13.1. The van der Waals surface area contributed by atoms with E-state index in [1.807, 2.05) is 6.55 Å². The van der Waals surface area contributed by atoms with Crippen LogP contribution in [0.25, 0.3) is 0 Å². The molecule has 0 radical (unpaired) electrons. The van der Waals surface area contributed by atoms with Crippen LogP contribution in [0.1, 0.15) is 63.9 Å². The van der Waals surface area contributed by atoms with Crippen molar-refractivity contribution in [2.24, 2.45) is 5.92 Å². The van der Waals surface area contributed by atoms with Crippen molar-refractivity contribution in [3.05, 3.63) is 35.9 Å². The lowest BCUT2D eigenvalue weighted by molar-refractivity contribution is 0.390. The van der Waals surface area contributed by atoms with Gasteiger partial charge in [-0.3, -0.25) is 0 Å². The van der Waals surface area contributed by atoms with E-state index in [0.717, 1.165) is 12.0 Å². The average Bonchev–Trinajstić information content (AvgIpc) is 2.45. The minimum Gasteiger partial charge on any atom is -0.146 e. The van der Waals surface area contributed by atoms with Crippen LogP contribution in [0.15, 0.2) is 30.3 Å². The van der Waals surface area contributed by atoms with E-state index in [1.54, 1.807) is 0 Å². The zero-order valence-electron chi connectivity index (χ0n) is 13.7. The summed E-state index contributed by atoms with van der Waals surface area (Å²) in [5, 5.41) is 0. The molecule has 0 aromatic heterocycles. The van der Waals surface area contributed by atoms with Gasteiger partial charge in [0.25, 0.3) is 0 Å². The fourth-order valence-corrected chi connectivity index (χ4v) is 4.51. The van der Waals surface area contributed by atoms with Gasteiger partial charge in [-0.05, 0) is 36.4 Å². The van der Waals surface area contributed by atoms with Crippen LogP contribution in [0.3, 0.4) is 0 Å². The lowest BCUT2D eigenvalue weighted by atomic mass is 9.86. The molecular weight excluding hydrogens is 315 g/mol. The quantitative estimate of drug-likeness (QED) is 0.237. The van der Waals surface area contributed by atoms with Crippen molar-refractivity contribution in [3.8, 4) is 0 Å². The van der Waals surface area contributed by atoms with E-state index < -0.39 is 6.69 Å². The predicted octanol–water partition coefficient (Wildman–Crippen LogP) is 7.32. The summed E-state index contributed by atoms with van der Waals surface area (Å²) in [6.07, 6.45) is 7.74. The molecule has 0 heterocycles. The molecular formula is C18H30Cl2Si. The maximum atomic E-state index is 6.30. The summed E-state index contributed by atoms with van der Waals surface area (Å²) in [6.45, 7) is 4.70. The van der Waals surface area contributed by atoms with E-state index in [9.17, 15) is 0 Å². The zero-order chi connectivity index (χ0) is 15.7. The Morgan fingerprint density at radius 3 is 2.29 bits per heavy atom. The molecule has 0 amide bonds. The first kappa shape index (κ1) is 19.1. The Balaban J connectivity index is 2.54. The van der Waals surface area contributed by atoms with Crippen molar-refractivity contribution in [2.45, 2.75) is 70.9 Å². The van der Waals surface area contributed by atoms with Crippen molar-refractivity contribution < 1.29 is 0 Å². The third-order valence-electron chi connectivity index (χ3n) is 4.26. The van der Waals surface area contributed by atoms with E-state index >= 15 is 0 Å². The Kier molecular flexibility index (Phi) is 9.00. The molecule has 0 aliphatic heterocycles. The maximum Gasteiger partial charge on any atom is 0.248 e. The second-order valence-corrected chi connectivity index (χ2v) is 14.7. The summed E-state index contributed by atoms with van der Waals surface area (Å²) in [6, 6.07) is 11.9. The van der Waals surface area contributed by atoms with E-state index in [4.69, 9.17) is 22.2 Å². The molecule has 3 heteroatoms. The number of halogens is 2. The van der Waals surface area contributed by atoms with Crippen LogP contribution in [0.4, 0.5) is 0 Å². The summed E-state index contributed by atoms with van der Waals surface area (Å²) < 4.78 is 0. The van der Waals surface area contributed by atoms with Gasteiger partial charge in [0.05, 0.1) is 0 Å². The molecule has 21 heavy (non-hydrogen) atoms. The largest absolute Gasteiger partial charge is 0.248 e. The second kappa shape index (κ2) is 9.92. The Morgan fingerprint density at radius 1 is 1.05 bits per heavy atom. The van der Waals surface area contributed by atoms with Crippen LogP contribution in [-0.2, 0) is 0 Å². The maximum absolute atomic E-state index is 6.30. The summed E-state index contributed by atoms with van der Waals surface area (Å²) in [5.74, 6) is 1.38. The van der Waals surface area contributed by atoms with E-state index in [0.29, 0.717) is 5.92 Å². The van der Waals surface area contributed by atoms with Gasteiger partial charge in [-0.25, -0.2) is 0 Å². The molecule has 1 rings (SSSR count). The van der Waals surface area contributed by atoms with Crippen molar-refractivity contribution in [2.75, 3.05) is 0 Å². The third kappa shape index (κ3) is 8.90. The predicted molar refractivity (Wildman–Crippen MR) is 99.9 cm³/mol. The van der Waals surface area contributed by atoms with Gasteiger partial charge in [-0.15, -0.1) is 22.2 Å². The highest BCUT2D eigenvalue weighted by Crippen LogP contribution is 2.32.